The number of fused-ring (bicyclic) bond motifs is 3. The maximum atomic E-state index is 5.36. The van der Waals surface area contributed by atoms with Crippen molar-refractivity contribution < 1.29 is 4.74 Å². The number of nitrogens with one attached hydrogen (secondary N) is 2. The van der Waals surface area contributed by atoms with Crippen LogP contribution < -0.4 is 4.74 Å². The Morgan fingerprint density at radius 1 is 1.17 bits per heavy atom. The van der Waals surface area contributed by atoms with Crippen molar-refractivity contribution in [3.05, 3.63) is 18.1 Å². The number of ether oxygens (including phenoxy) is 1. The van der Waals surface area contributed by atoms with Gasteiger partial charge in [-0.25, -0.2) is 5.10 Å². The second-order valence-electron chi connectivity index (χ2n) is 2.66. The van der Waals surface area contributed by atoms with Crippen molar-refractivity contribution in [2.24, 2.45) is 0 Å². The third-order valence-electron chi connectivity index (χ3n) is 1.97. The minimum Gasteiger partial charge on any atom is -0.471 e. The molecule has 0 unspecified atom stereocenters. The van der Waals surface area contributed by atoms with Gasteiger partial charge in [-0.3, -0.25) is 5.10 Å². The lowest BCUT2D eigenvalue weighted by molar-refractivity contribution is 0.285. The van der Waals surface area contributed by atoms with E-state index < -0.39 is 0 Å². The van der Waals surface area contributed by atoms with Crippen LogP contribution in [0.1, 0.15) is 5.69 Å². The predicted molar refractivity (Wildman–Crippen MR) is 40.5 cm³/mol. The first-order chi connectivity index (χ1) is 5.95. The molecule has 0 atom stereocenters. The molecule has 0 radical (unpaired) electrons. The molecule has 60 valence electrons. The van der Waals surface area contributed by atoms with Crippen molar-refractivity contribution in [1.82, 2.24) is 20.4 Å². The smallest absolute Gasteiger partial charge is 0.217 e. The lowest BCUT2D eigenvalue weighted by Gasteiger charge is -2.11. The quantitative estimate of drug-likeness (QED) is 0.599. The molecular weight excluding hydrogens is 156 g/mol. The molecule has 1 aliphatic rings. The van der Waals surface area contributed by atoms with Crippen molar-refractivity contribution in [2.45, 2.75) is 6.61 Å². The Morgan fingerprint density at radius 3 is 3.00 bits per heavy atom. The summed E-state index contributed by atoms with van der Waals surface area (Å²) in [7, 11) is 0. The van der Waals surface area contributed by atoms with Gasteiger partial charge in [-0.2, -0.15) is 10.2 Å². The molecule has 0 aromatic carbocycles. The Kier molecular flexibility index (Phi) is 0.910. The van der Waals surface area contributed by atoms with Gasteiger partial charge in [0.15, 0.2) is 0 Å². The van der Waals surface area contributed by atoms with Gasteiger partial charge in [0.2, 0.25) is 5.88 Å². The van der Waals surface area contributed by atoms with E-state index in [1.54, 1.807) is 12.4 Å². The van der Waals surface area contributed by atoms with Crippen LogP contribution in [-0.2, 0) is 6.61 Å². The Bertz CT molecular complexity index is 376. The van der Waals surface area contributed by atoms with E-state index >= 15 is 0 Å². The molecule has 0 saturated carbocycles. The largest absolute Gasteiger partial charge is 0.471 e. The van der Waals surface area contributed by atoms with Gasteiger partial charge in [0.1, 0.15) is 6.61 Å². The van der Waals surface area contributed by atoms with Gasteiger partial charge in [-0.05, 0) is 0 Å². The summed E-state index contributed by atoms with van der Waals surface area (Å²) in [4.78, 5) is 0. The summed E-state index contributed by atoms with van der Waals surface area (Å²) in [5.41, 5.74) is 3.05. The normalized spacial score (nSPS) is 13.3. The molecule has 12 heavy (non-hydrogen) atoms. The summed E-state index contributed by atoms with van der Waals surface area (Å²) in [5.74, 6) is 0.726. The second-order valence-corrected chi connectivity index (χ2v) is 2.66. The molecule has 0 aliphatic carbocycles. The number of aromatic nitrogens is 4. The summed E-state index contributed by atoms with van der Waals surface area (Å²) in [6.07, 6.45) is 3.52. The number of H-pyrrole nitrogens is 2. The Morgan fingerprint density at radius 2 is 2.00 bits per heavy atom. The van der Waals surface area contributed by atoms with Crippen LogP contribution in [-0.4, -0.2) is 20.4 Å². The van der Waals surface area contributed by atoms with E-state index in [-0.39, 0.29) is 0 Å². The minimum atomic E-state index is 0.532. The number of nitrogens with zero attached hydrogens (tertiary/aromatic N) is 2. The predicted octanol–water partition coefficient (Wildman–Crippen LogP) is 0.692. The number of hydrogen-bond acceptors (Lipinski definition) is 3. The van der Waals surface area contributed by atoms with Crippen LogP contribution in [0.2, 0.25) is 0 Å². The average Bonchev–Trinajstić information content (AvgIpc) is 2.71. The Hall–Kier alpha value is -1.78. The molecule has 0 amide bonds. The number of aromatic amines is 2. The summed E-state index contributed by atoms with van der Waals surface area (Å²) in [5, 5.41) is 13.5. The lowest BCUT2D eigenvalue weighted by Crippen LogP contribution is -2.03. The average molecular weight is 162 g/mol. The van der Waals surface area contributed by atoms with Crippen molar-refractivity contribution in [2.75, 3.05) is 0 Å². The first-order valence-electron chi connectivity index (χ1n) is 3.64. The van der Waals surface area contributed by atoms with E-state index in [9.17, 15) is 0 Å². The van der Waals surface area contributed by atoms with Gasteiger partial charge in [0.05, 0.1) is 23.7 Å². The number of hydrogen-bond donors (Lipinski definition) is 2. The lowest BCUT2D eigenvalue weighted by atomic mass is 10.1. The van der Waals surface area contributed by atoms with Crippen molar-refractivity contribution in [3.8, 4) is 17.0 Å². The van der Waals surface area contributed by atoms with Gasteiger partial charge >= 0.3 is 0 Å². The summed E-state index contributed by atoms with van der Waals surface area (Å²) in [6.45, 7) is 0.532. The molecule has 2 aromatic heterocycles. The molecule has 5 heteroatoms. The van der Waals surface area contributed by atoms with Gasteiger partial charge < -0.3 is 4.74 Å². The van der Waals surface area contributed by atoms with Crippen LogP contribution >= 0.6 is 0 Å². The molecule has 0 fully saturated rings. The van der Waals surface area contributed by atoms with Crippen LogP contribution in [0.3, 0.4) is 0 Å². The second kappa shape index (κ2) is 1.88. The van der Waals surface area contributed by atoms with E-state index in [4.69, 9.17) is 4.74 Å². The van der Waals surface area contributed by atoms with Gasteiger partial charge in [0.25, 0.3) is 0 Å². The third-order valence-corrected chi connectivity index (χ3v) is 1.97. The van der Waals surface area contributed by atoms with Gasteiger partial charge in [0, 0.05) is 5.56 Å². The molecule has 0 saturated heterocycles. The van der Waals surface area contributed by atoms with Crippen LogP contribution in [0.15, 0.2) is 12.4 Å². The van der Waals surface area contributed by atoms with E-state index in [1.807, 2.05) is 0 Å². The molecule has 0 spiro atoms. The molecule has 3 rings (SSSR count). The monoisotopic (exact) mass is 162 g/mol. The first-order valence-corrected chi connectivity index (χ1v) is 3.64. The highest BCUT2D eigenvalue weighted by Gasteiger charge is 2.19. The van der Waals surface area contributed by atoms with Gasteiger partial charge in [-0.1, -0.05) is 0 Å². The van der Waals surface area contributed by atoms with E-state index in [0.717, 1.165) is 22.7 Å². The highest BCUT2D eigenvalue weighted by molar-refractivity contribution is 5.70. The fourth-order valence-corrected chi connectivity index (χ4v) is 1.38. The molecular formula is C7H6N4O. The van der Waals surface area contributed by atoms with E-state index in [2.05, 4.69) is 20.4 Å². The van der Waals surface area contributed by atoms with E-state index in [1.165, 1.54) is 0 Å². The fraction of sp³-hybridized carbons (Fsp3) is 0.143. The van der Waals surface area contributed by atoms with Crippen molar-refractivity contribution in [3.63, 3.8) is 0 Å². The molecule has 2 aromatic rings. The van der Waals surface area contributed by atoms with Crippen LogP contribution in [0, 0.1) is 0 Å². The molecule has 0 bridgehead atoms. The Balaban J connectivity index is 2.32. The van der Waals surface area contributed by atoms with Crippen molar-refractivity contribution >= 4 is 0 Å². The molecule has 2 N–H and O–H groups in total. The fourth-order valence-electron chi connectivity index (χ4n) is 1.38. The van der Waals surface area contributed by atoms with Crippen LogP contribution in [0.25, 0.3) is 11.1 Å². The molecule has 1 aliphatic heterocycles. The molecule has 3 heterocycles. The first kappa shape index (κ1) is 5.82. The topological polar surface area (TPSA) is 66.6 Å². The van der Waals surface area contributed by atoms with Crippen LogP contribution in [0.5, 0.6) is 5.88 Å². The third kappa shape index (κ3) is 0.578. The highest BCUT2D eigenvalue weighted by atomic mass is 16.5. The Labute approximate surface area is 67.8 Å². The summed E-state index contributed by atoms with van der Waals surface area (Å²) >= 11 is 0. The summed E-state index contributed by atoms with van der Waals surface area (Å²) in [6, 6.07) is 0. The SMILES string of the molecule is c1n[nH]c2c1-c1cn[nH]c1OC2. The zero-order chi connectivity index (χ0) is 7.97. The zero-order valence-corrected chi connectivity index (χ0v) is 6.16. The molecule has 5 nitrogen and oxygen atoms in total. The minimum absolute atomic E-state index is 0.532. The van der Waals surface area contributed by atoms with Crippen molar-refractivity contribution in [1.29, 1.82) is 0 Å². The maximum absolute atomic E-state index is 5.36. The standard InChI is InChI=1S/C7H6N4O/c1-4-5-2-9-11-7(5)12-3-6(4)10-8-1/h1-2H,3H2,(H,8,10)(H,9,11). The van der Waals surface area contributed by atoms with Crippen LogP contribution in [0.4, 0.5) is 0 Å². The van der Waals surface area contributed by atoms with Gasteiger partial charge in [-0.15, -0.1) is 0 Å². The number of rotatable bonds is 0. The summed E-state index contributed by atoms with van der Waals surface area (Å²) < 4.78 is 5.36. The zero-order valence-electron chi connectivity index (χ0n) is 6.16. The maximum Gasteiger partial charge on any atom is 0.217 e. The van der Waals surface area contributed by atoms with E-state index in [0.29, 0.717) is 6.61 Å². The highest BCUT2D eigenvalue weighted by Crippen LogP contribution is 2.33.